The molecule has 19 heavy (non-hydrogen) atoms. The van der Waals surface area contributed by atoms with Gasteiger partial charge in [0.1, 0.15) is 5.76 Å². The molecule has 0 saturated carbocycles. The van der Waals surface area contributed by atoms with Crippen LogP contribution in [0.2, 0.25) is 0 Å². The molecule has 0 bridgehead atoms. The highest BCUT2D eigenvalue weighted by atomic mass is 79.9. The fourth-order valence-electron chi connectivity index (χ4n) is 1.55. The first-order valence-electron chi connectivity index (χ1n) is 5.46. The van der Waals surface area contributed by atoms with Crippen molar-refractivity contribution in [3.05, 3.63) is 58.0 Å². The van der Waals surface area contributed by atoms with Gasteiger partial charge in [0, 0.05) is 21.0 Å². The van der Waals surface area contributed by atoms with E-state index in [9.17, 15) is 9.00 Å². The van der Waals surface area contributed by atoms with Crippen molar-refractivity contribution in [1.82, 2.24) is 0 Å². The van der Waals surface area contributed by atoms with E-state index in [-0.39, 0.29) is 11.5 Å². The molecule has 0 aliphatic carbocycles. The quantitative estimate of drug-likeness (QED) is 0.905. The third-order valence-electron chi connectivity index (χ3n) is 2.42. The van der Waals surface area contributed by atoms with Crippen LogP contribution in [0.5, 0.6) is 0 Å². The molecular formula is C13H11BrO4S. The van der Waals surface area contributed by atoms with E-state index in [0.29, 0.717) is 11.5 Å². The summed E-state index contributed by atoms with van der Waals surface area (Å²) in [6, 6.07) is 10.5. The molecule has 6 heteroatoms. The van der Waals surface area contributed by atoms with Crippen molar-refractivity contribution in [2.24, 2.45) is 0 Å². The summed E-state index contributed by atoms with van der Waals surface area (Å²) in [6.45, 7) is 0. The Morgan fingerprint density at radius 2 is 1.84 bits per heavy atom. The van der Waals surface area contributed by atoms with E-state index in [1.165, 1.54) is 6.07 Å². The largest absolute Gasteiger partial charge is 0.475 e. The van der Waals surface area contributed by atoms with E-state index in [0.717, 1.165) is 10.0 Å². The second-order valence-electron chi connectivity index (χ2n) is 3.93. The lowest BCUT2D eigenvalue weighted by Crippen LogP contribution is -1.99. The highest BCUT2D eigenvalue weighted by Gasteiger charge is 2.11. The van der Waals surface area contributed by atoms with Crippen molar-refractivity contribution in [2.75, 3.05) is 0 Å². The molecule has 0 aliphatic heterocycles. The molecule has 100 valence electrons. The lowest BCUT2D eigenvalue weighted by atomic mass is 10.2. The van der Waals surface area contributed by atoms with Gasteiger partial charge in [0.2, 0.25) is 5.76 Å². The maximum Gasteiger partial charge on any atom is 0.371 e. The fraction of sp³-hybridized carbons (Fsp3) is 0.154. The predicted octanol–water partition coefficient (Wildman–Crippen LogP) is 3.19. The van der Waals surface area contributed by atoms with E-state index in [1.807, 2.05) is 24.3 Å². The van der Waals surface area contributed by atoms with Gasteiger partial charge in [-0.25, -0.2) is 4.79 Å². The first-order valence-corrected chi connectivity index (χ1v) is 7.74. The van der Waals surface area contributed by atoms with Gasteiger partial charge in [0.15, 0.2) is 0 Å². The number of carbonyl (C=O) groups is 1. The number of carboxylic acids is 1. The summed E-state index contributed by atoms with van der Waals surface area (Å²) in [6.07, 6.45) is 0. The first kappa shape index (κ1) is 14.0. The number of aromatic carboxylic acids is 1. The number of halogens is 1. The summed E-state index contributed by atoms with van der Waals surface area (Å²) in [7, 11) is -1.13. The van der Waals surface area contributed by atoms with Crippen LogP contribution in [-0.2, 0) is 22.3 Å². The highest BCUT2D eigenvalue weighted by molar-refractivity contribution is 9.10. The van der Waals surface area contributed by atoms with Gasteiger partial charge in [-0.05, 0) is 29.8 Å². The van der Waals surface area contributed by atoms with Crippen LogP contribution in [0.25, 0.3) is 0 Å². The molecule has 1 N–H and O–H groups in total. The zero-order valence-corrected chi connectivity index (χ0v) is 12.2. The minimum atomic E-state index is -1.13. The second-order valence-corrected chi connectivity index (χ2v) is 6.30. The van der Waals surface area contributed by atoms with Gasteiger partial charge in [-0.15, -0.1) is 0 Å². The minimum Gasteiger partial charge on any atom is -0.475 e. The van der Waals surface area contributed by atoms with Crippen LogP contribution < -0.4 is 0 Å². The van der Waals surface area contributed by atoms with Gasteiger partial charge in [0.25, 0.3) is 0 Å². The Bertz CT molecular complexity index is 603. The number of hydrogen-bond acceptors (Lipinski definition) is 3. The van der Waals surface area contributed by atoms with Gasteiger partial charge < -0.3 is 9.52 Å². The van der Waals surface area contributed by atoms with E-state index >= 15 is 0 Å². The highest BCUT2D eigenvalue weighted by Crippen LogP contribution is 2.15. The molecule has 1 aromatic carbocycles. The van der Waals surface area contributed by atoms with Crippen molar-refractivity contribution in [3.8, 4) is 0 Å². The zero-order valence-electron chi connectivity index (χ0n) is 9.84. The molecule has 0 fully saturated rings. The lowest BCUT2D eigenvalue weighted by Gasteiger charge is -2.01. The average molecular weight is 343 g/mol. The van der Waals surface area contributed by atoms with Crippen molar-refractivity contribution in [3.63, 3.8) is 0 Å². The molecule has 2 rings (SSSR count). The SMILES string of the molecule is O=C(O)c1ccc(CS(=O)Cc2ccc(Br)cc2)o1. The number of carboxylic acid groups (broad SMARTS) is 1. The van der Waals surface area contributed by atoms with E-state index in [1.54, 1.807) is 6.07 Å². The molecule has 2 aromatic rings. The van der Waals surface area contributed by atoms with Crippen LogP contribution in [0.1, 0.15) is 21.9 Å². The summed E-state index contributed by atoms with van der Waals surface area (Å²) >= 11 is 3.34. The maximum atomic E-state index is 11.9. The van der Waals surface area contributed by atoms with E-state index in [4.69, 9.17) is 9.52 Å². The first-order chi connectivity index (χ1) is 9.04. The average Bonchev–Trinajstić information content (AvgIpc) is 2.80. The molecule has 0 saturated heterocycles. The van der Waals surface area contributed by atoms with Gasteiger partial charge >= 0.3 is 5.97 Å². The molecule has 0 spiro atoms. The Hall–Kier alpha value is -1.40. The second kappa shape index (κ2) is 6.16. The molecule has 4 nitrogen and oxygen atoms in total. The third-order valence-corrected chi connectivity index (χ3v) is 4.21. The molecule has 0 radical (unpaired) electrons. The molecule has 0 amide bonds. The van der Waals surface area contributed by atoms with Crippen LogP contribution in [0.15, 0.2) is 45.3 Å². The van der Waals surface area contributed by atoms with Crippen LogP contribution in [0.4, 0.5) is 0 Å². The van der Waals surface area contributed by atoms with Crippen molar-refractivity contribution in [1.29, 1.82) is 0 Å². The van der Waals surface area contributed by atoms with Crippen LogP contribution in [0.3, 0.4) is 0 Å². The Morgan fingerprint density at radius 3 is 2.42 bits per heavy atom. The van der Waals surface area contributed by atoms with Gasteiger partial charge in [0.05, 0.1) is 5.75 Å². The molecular weight excluding hydrogens is 332 g/mol. The molecule has 1 heterocycles. The van der Waals surface area contributed by atoms with E-state index < -0.39 is 16.8 Å². The Labute approximate surface area is 121 Å². The molecule has 1 unspecified atom stereocenters. The summed E-state index contributed by atoms with van der Waals surface area (Å²) in [5, 5.41) is 8.72. The monoisotopic (exact) mass is 342 g/mol. The number of furan rings is 1. The van der Waals surface area contributed by atoms with Gasteiger partial charge in [-0.2, -0.15) is 0 Å². The Balaban J connectivity index is 1.97. The predicted molar refractivity (Wildman–Crippen MR) is 75.4 cm³/mol. The molecule has 1 atom stereocenters. The standard InChI is InChI=1S/C13H11BrO4S/c14-10-3-1-9(2-4-10)7-19(17)8-11-5-6-12(18-11)13(15)16/h1-6H,7-8H2,(H,15,16). The van der Waals surface area contributed by atoms with E-state index in [2.05, 4.69) is 15.9 Å². The van der Waals surface area contributed by atoms with Crippen LogP contribution in [-0.4, -0.2) is 15.3 Å². The summed E-state index contributed by atoms with van der Waals surface area (Å²) in [4.78, 5) is 10.6. The summed E-state index contributed by atoms with van der Waals surface area (Å²) in [5.74, 6) is -0.201. The normalized spacial score (nSPS) is 12.3. The van der Waals surface area contributed by atoms with Crippen molar-refractivity contribution < 1.29 is 18.5 Å². The smallest absolute Gasteiger partial charge is 0.371 e. The number of rotatable bonds is 5. The number of benzene rings is 1. The Kier molecular flexibility index (Phi) is 4.55. The topological polar surface area (TPSA) is 67.5 Å². The molecule has 0 aliphatic rings. The minimum absolute atomic E-state index is 0.129. The maximum absolute atomic E-state index is 11.9. The van der Waals surface area contributed by atoms with Gasteiger partial charge in [-0.3, -0.25) is 4.21 Å². The number of hydrogen-bond donors (Lipinski definition) is 1. The van der Waals surface area contributed by atoms with Crippen LogP contribution in [0, 0.1) is 0 Å². The van der Waals surface area contributed by atoms with Crippen LogP contribution >= 0.6 is 15.9 Å². The fourth-order valence-corrected chi connectivity index (χ4v) is 2.95. The summed E-state index contributed by atoms with van der Waals surface area (Å²) in [5.41, 5.74) is 0.964. The summed E-state index contributed by atoms with van der Waals surface area (Å²) < 4.78 is 18.0. The lowest BCUT2D eigenvalue weighted by molar-refractivity contribution is 0.0661. The molecule has 1 aromatic heterocycles. The van der Waals surface area contributed by atoms with Crippen molar-refractivity contribution in [2.45, 2.75) is 11.5 Å². The zero-order chi connectivity index (χ0) is 13.8. The third kappa shape index (κ3) is 4.04. The van der Waals surface area contributed by atoms with Gasteiger partial charge in [-0.1, -0.05) is 28.1 Å². The Morgan fingerprint density at radius 1 is 1.16 bits per heavy atom. The van der Waals surface area contributed by atoms with Crippen molar-refractivity contribution >= 4 is 32.7 Å².